The molecular weight excluding hydrogens is 266 g/mol. The number of imidazole rings is 1. The van der Waals surface area contributed by atoms with E-state index in [0.717, 1.165) is 36.0 Å². The minimum Gasteiger partial charge on any atom is -0.374 e. The van der Waals surface area contributed by atoms with E-state index < -0.39 is 0 Å². The Labute approximate surface area is 125 Å². The summed E-state index contributed by atoms with van der Waals surface area (Å²) in [6.45, 7) is 10.1. The molecule has 0 aromatic carbocycles. The van der Waals surface area contributed by atoms with Crippen LogP contribution in [0.25, 0.3) is 5.82 Å². The minimum absolute atomic E-state index is 0.415. The van der Waals surface area contributed by atoms with E-state index in [0.29, 0.717) is 19.0 Å². The summed E-state index contributed by atoms with van der Waals surface area (Å²) in [6, 6.07) is 1.94. The number of hydrogen-bond donors (Lipinski definition) is 1. The Kier molecular flexibility index (Phi) is 5.27. The highest BCUT2D eigenvalue weighted by molar-refractivity contribution is 5.42. The summed E-state index contributed by atoms with van der Waals surface area (Å²) < 4.78 is 7.40. The Bertz CT molecular complexity index is 567. The second-order valence-electron chi connectivity index (χ2n) is 4.88. The summed E-state index contributed by atoms with van der Waals surface area (Å²) in [4.78, 5) is 13.4. The predicted molar refractivity (Wildman–Crippen MR) is 82.7 cm³/mol. The third kappa shape index (κ3) is 3.78. The van der Waals surface area contributed by atoms with Gasteiger partial charge in [-0.2, -0.15) is 0 Å². The van der Waals surface area contributed by atoms with Crippen molar-refractivity contribution < 1.29 is 4.74 Å². The van der Waals surface area contributed by atoms with Gasteiger partial charge in [0.1, 0.15) is 24.6 Å². The average molecular weight is 289 g/mol. The van der Waals surface area contributed by atoms with Crippen molar-refractivity contribution in [1.29, 1.82) is 0 Å². The Balaban J connectivity index is 2.36. The monoisotopic (exact) mass is 289 g/mol. The molecule has 0 bridgehead atoms. The van der Waals surface area contributed by atoms with Gasteiger partial charge in [-0.25, -0.2) is 15.0 Å². The molecule has 114 valence electrons. The molecule has 21 heavy (non-hydrogen) atoms. The quantitative estimate of drug-likeness (QED) is 0.849. The predicted octanol–water partition coefficient (Wildman–Crippen LogP) is 2.64. The van der Waals surface area contributed by atoms with Gasteiger partial charge in [0.25, 0.3) is 0 Å². The van der Waals surface area contributed by atoms with Gasteiger partial charge < -0.3 is 10.1 Å². The van der Waals surface area contributed by atoms with Gasteiger partial charge in [0, 0.05) is 24.9 Å². The summed E-state index contributed by atoms with van der Waals surface area (Å²) in [5, 5.41) is 3.31. The summed E-state index contributed by atoms with van der Waals surface area (Å²) in [5.41, 5.74) is 2.08. The lowest BCUT2D eigenvalue weighted by atomic mass is 10.3. The van der Waals surface area contributed by atoms with E-state index in [2.05, 4.69) is 27.2 Å². The molecule has 0 aliphatic rings. The number of hydrogen-bond acceptors (Lipinski definition) is 5. The van der Waals surface area contributed by atoms with Gasteiger partial charge in [0.2, 0.25) is 0 Å². The van der Waals surface area contributed by atoms with Crippen LogP contribution in [0.3, 0.4) is 0 Å². The van der Waals surface area contributed by atoms with Gasteiger partial charge in [0.05, 0.1) is 5.69 Å². The van der Waals surface area contributed by atoms with Gasteiger partial charge in [-0.05, 0) is 27.2 Å². The largest absolute Gasteiger partial charge is 0.374 e. The van der Waals surface area contributed by atoms with Crippen LogP contribution < -0.4 is 5.32 Å². The normalized spacial score (nSPS) is 10.9. The Morgan fingerprint density at radius 2 is 2.05 bits per heavy atom. The minimum atomic E-state index is 0.415. The number of aromatic nitrogens is 4. The maximum absolute atomic E-state index is 5.43. The molecule has 0 amide bonds. The fourth-order valence-electron chi connectivity index (χ4n) is 1.94. The van der Waals surface area contributed by atoms with Crippen molar-refractivity contribution in [3.63, 3.8) is 0 Å². The van der Waals surface area contributed by atoms with E-state index in [-0.39, 0.29) is 0 Å². The molecular formula is C15H23N5O. The number of anilines is 1. The highest BCUT2D eigenvalue weighted by Gasteiger charge is 2.10. The maximum atomic E-state index is 5.43. The molecule has 0 atom stereocenters. The standard InChI is InChI=1S/C15H23N5O/c1-5-7-16-13-8-15(19-14(18-13)9-21-6-2)20-10-17-11(3)12(20)4/h8,10H,5-7,9H2,1-4H3,(H,16,18,19). The Morgan fingerprint density at radius 1 is 1.24 bits per heavy atom. The first-order valence-electron chi connectivity index (χ1n) is 7.36. The molecule has 2 aromatic heterocycles. The van der Waals surface area contributed by atoms with Crippen LogP contribution in [0.4, 0.5) is 5.82 Å². The molecule has 0 saturated carbocycles. The van der Waals surface area contributed by atoms with E-state index in [1.807, 2.05) is 31.4 Å². The van der Waals surface area contributed by atoms with Gasteiger partial charge >= 0.3 is 0 Å². The fourth-order valence-corrected chi connectivity index (χ4v) is 1.94. The molecule has 2 rings (SSSR count). The lowest BCUT2D eigenvalue weighted by Crippen LogP contribution is -2.10. The van der Waals surface area contributed by atoms with Crippen LogP contribution in [0, 0.1) is 13.8 Å². The van der Waals surface area contributed by atoms with E-state index >= 15 is 0 Å². The molecule has 6 nitrogen and oxygen atoms in total. The summed E-state index contributed by atoms with van der Waals surface area (Å²) in [5.74, 6) is 2.32. The molecule has 0 fully saturated rings. The lowest BCUT2D eigenvalue weighted by Gasteiger charge is -2.11. The maximum Gasteiger partial charge on any atom is 0.158 e. The third-order valence-corrected chi connectivity index (χ3v) is 3.25. The second-order valence-corrected chi connectivity index (χ2v) is 4.88. The van der Waals surface area contributed by atoms with Crippen LogP contribution in [0.1, 0.15) is 37.5 Å². The zero-order chi connectivity index (χ0) is 15.2. The van der Waals surface area contributed by atoms with E-state index in [1.165, 1.54) is 0 Å². The summed E-state index contributed by atoms with van der Waals surface area (Å²) >= 11 is 0. The van der Waals surface area contributed by atoms with Crippen molar-refractivity contribution in [3.05, 3.63) is 29.6 Å². The van der Waals surface area contributed by atoms with Gasteiger partial charge in [0.15, 0.2) is 5.82 Å². The lowest BCUT2D eigenvalue weighted by molar-refractivity contribution is 0.128. The zero-order valence-electron chi connectivity index (χ0n) is 13.2. The number of ether oxygens (including phenoxy) is 1. The van der Waals surface area contributed by atoms with Crippen molar-refractivity contribution >= 4 is 5.82 Å². The smallest absolute Gasteiger partial charge is 0.158 e. The highest BCUT2D eigenvalue weighted by atomic mass is 16.5. The first-order chi connectivity index (χ1) is 10.2. The van der Waals surface area contributed by atoms with Crippen molar-refractivity contribution in [2.45, 2.75) is 40.7 Å². The molecule has 2 aromatic rings. The highest BCUT2D eigenvalue weighted by Crippen LogP contribution is 2.15. The SMILES string of the molecule is CCCNc1cc(-n2cnc(C)c2C)nc(COCC)n1. The number of rotatable bonds is 7. The zero-order valence-corrected chi connectivity index (χ0v) is 13.2. The molecule has 0 aliphatic heterocycles. The van der Waals surface area contributed by atoms with E-state index in [1.54, 1.807) is 6.33 Å². The first kappa shape index (κ1) is 15.4. The van der Waals surface area contributed by atoms with E-state index in [4.69, 9.17) is 4.74 Å². The number of nitrogens with zero attached hydrogens (tertiary/aromatic N) is 4. The molecule has 0 radical (unpaired) electrons. The van der Waals surface area contributed by atoms with E-state index in [9.17, 15) is 0 Å². The fraction of sp³-hybridized carbons (Fsp3) is 0.533. The van der Waals surface area contributed by atoms with Crippen molar-refractivity contribution in [2.24, 2.45) is 0 Å². The Hall–Kier alpha value is -1.95. The Morgan fingerprint density at radius 3 is 2.67 bits per heavy atom. The average Bonchev–Trinajstić information content (AvgIpc) is 2.82. The molecule has 0 aliphatic carbocycles. The topological polar surface area (TPSA) is 64.9 Å². The van der Waals surface area contributed by atoms with Crippen LogP contribution in [0.2, 0.25) is 0 Å². The molecule has 6 heteroatoms. The molecule has 0 saturated heterocycles. The molecule has 0 spiro atoms. The first-order valence-corrected chi connectivity index (χ1v) is 7.36. The number of nitrogens with one attached hydrogen (secondary N) is 1. The van der Waals surface area contributed by atoms with Crippen LogP contribution in [0.15, 0.2) is 12.4 Å². The van der Waals surface area contributed by atoms with Crippen molar-refractivity contribution in [3.8, 4) is 5.82 Å². The summed E-state index contributed by atoms with van der Waals surface area (Å²) in [7, 11) is 0. The van der Waals surface area contributed by atoms with Crippen LogP contribution in [0.5, 0.6) is 0 Å². The van der Waals surface area contributed by atoms with Crippen LogP contribution in [-0.2, 0) is 11.3 Å². The number of aryl methyl sites for hydroxylation is 1. The van der Waals surface area contributed by atoms with Crippen molar-refractivity contribution in [1.82, 2.24) is 19.5 Å². The van der Waals surface area contributed by atoms with Gasteiger partial charge in [-0.3, -0.25) is 4.57 Å². The summed E-state index contributed by atoms with van der Waals surface area (Å²) in [6.07, 6.45) is 2.84. The molecule has 2 heterocycles. The second kappa shape index (κ2) is 7.17. The third-order valence-electron chi connectivity index (χ3n) is 3.25. The van der Waals surface area contributed by atoms with Gasteiger partial charge in [-0.1, -0.05) is 6.92 Å². The molecule has 0 unspecified atom stereocenters. The van der Waals surface area contributed by atoms with Crippen molar-refractivity contribution in [2.75, 3.05) is 18.5 Å². The van der Waals surface area contributed by atoms with Gasteiger partial charge in [-0.15, -0.1) is 0 Å². The van der Waals surface area contributed by atoms with Crippen LogP contribution >= 0.6 is 0 Å². The molecule has 1 N–H and O–H groups in total. The van der Waals surface area contributed by atoms with Crippen LogP contribution in [-0.4, -0.2) is 32.7 Å².